The van der Waals surface area contributed by atoms with Crippen LogP contribution in [0, 0.1) is 0 Å². The highest BCUT2D eigenvalue weighted by Crippen LogP contribution is 2.22. The van der Waals surface area contributed by atoms with Gasteiger partial charge in [-0.25, -0.2) is 0 Å². The molecule has 1 N–H and O–H groups in total. The van der Waals surface area contributed by atoms with E-state index in [2.05, 4.69) is 48.1 Å². The van der Waals surface area contributed by atoms with E-state index in [-0.39, 0.29) is 0 Å². The highest BCUT2D eigenvalue weighted by molar-refractivity contribution is 6.09. The smallest absolute Gasteiger partial charge is 0.0499 e. The highest BCUT2D eigenvalue weighted by atomic mass is 14.9. The predicted octanol–water partition coefficient (Wildman–Crippen LogP) is 5.35. The van der Waals surface area contributed by atoms with Crippen LogP contribution in [0.2, 0.25) is 0 Å². The van der Waals surface area contributed by atoms with E-state index in [1.165, 1.54) is 75.3 Å². The Balaban J connectivity index is 1.69. The molecule has 124 valence electrons. The van der Waals surface area contributed by atoms with Crippen LogP contribution in [0.25, 0.3) is 5.57 Å². The number of benzene rings is 1. The van der Waals surface area contributed by atoms with E-state index in [4.69, 9.17) is 4.99 Å². The van der Waals surface area contributed by atoms with Crippen LogP contribution in [0.5, 0.6) is 0 Å². The third-order valence-electron chi connectivity index (χ3n) is 5.19. The summed E-state index contributed by atoms with van der Waals surface area (Å²) in [6.45, 7) is 0. The van der Waals surface area contributed by atoms with Crippen molar-refractivity contribution in [3.8, 4) is 0 Å². The second-order valence-electron chi connectivity index (χ2n) is 7.04. The fourth-order valence-corrected chi connectivity index (χ4v) is 3.72. The minimum absolute atomic E-state index is 0.533. The molecule has 0 amide bonds. The molecule has 23 heavy (non-hydrogen) atoms. The monoisotopic (exact) mass is 310 g/mol. The summed E-state index contributed by atoms with van der Waals surface area (Å²) in [6, 6.07) is 11.8. The molecule has 0 radical (unpaired) electrons. The zero-order valence-electron chi connectivity index (χ0n) is 14.2. The second-order valence-corrected chi connectivity index (χ2v) is 7.04. The van der Waals surface area contributed by atoms with Crippen LogP contribution in [0.4, 0.5) is 0 Å². The van der Waals surface area contributed by atoms with Gasteiger partial charge in [0.15, 0.2) is 0 Å². The lowest BCUT2D eigenvalue weighted by Crippen LogP contribution is -2.26. The Labute approximate surface area is 141 Å². The predicted molar refractivity (Wildman–Crippen MR) is 99.8 cm³/mol. The molecule has 0 unspecified atom stereocenters. The zero-order chi connectivity index (χ0) is 15.7. The lowest BCUT2D eigenvalue weighted by atomic mass is 9.95. The van der Waals surface area contributed by atoms with E-state index in [0.29, 0.717) is 12.1 Å². The fourth-order valence-electron chi connectivity index (χ4n) is 3.72. The van der Waals surface area contributed by atoms with Crippen molar-refractivity contribution in [2.24, 2.45) is 4.99 Å². The van der Waals surface area contributed by atoms with Crippen molar-refractivity contribution in [3.63, 3.8) is 0 Å². The van der Waals surface area contributed by atoms with Crippen LogP contribution in [0.15, 0.2) is 41.5 Å². The summed E-state index contributed by atoms with van der Waals surface area (Å²) in [5.41, 5.74) is 2.48. The maximum absolute atomic E-state index is 4.89. The first-order chi connectivity index (χ1) is 11.4. The average molecular weight is 310 g/mol. The van der Waals surface area contributed by atoms with Crippen molar-refractivity contribution in [1.29, 1.82) is 0 Å². The van der Waals surface area contributed by atoms with Crippen LogP contribution >= 0.6 is 0 Å². The van der Waals surface area contributed by atoms with Gasteiger partial charge in [0.05, 0.1) is 0 Å². The van der Waals surface area contributed by atoms with Gasteiger partial charge >= 0.3 is 0 Å². The maximum atomic E-state index is 4.89. The molecule has 2 fully saturated rings. The van der Waals surface area contributed by atoms with Gasteiger partial charge in [-0.2, -0.15) is 0 Å². The fraction of sp³-hybridized carbons (Fsp3) is 0.571. The Morgan fingerprint density at radius 1 is 0.870 bits per heavy atom. The lowest BCUT2D eigenvalue weighted by Gasteiger charge is -2.22. The Hall–Kier alpha value is -1.57. The Bertz CT molecular complexity index is 506. The van der Waals surface area contributed by atoms with Gasteiger partial charge in [-0.1, -0.05) is 68.9 Å². The summed E-state index contributed by atoms with van der Waals surface area (Å²) >= 11 is 0. The number of nitrogens with one attached hydrogen (secondary N) is 1. The summed E-state index contributed by atoms with van der Waals surface area (Å²) in [5.74, 6) is 0. The van der Waals surface area contributed by atoms with Gasteiger partial charge < -0.3 is 5.32 Å². The van der Waals surface area contributed by atoms with Crippen molar-refractivity contribution >= 4 is 11.8 Å². The maximum Gasteiger partial charge on any atom is 0.0499 e. The SMILES string of the molecule is C(=NC1CCCCC1)/C(=C\NC1CCCCC1)c1ccccc1. The number of hydrogen-bond acceptors (Lipinski definition) is 2. The van der Waals surface area contributed by atoms with Crippen LogP contribution in [0.1, 0.15) is 69.8 Å². The van der Waals surface area contributed by atoms with E-state index in [1.54, 1.807) is 0 Å². The van der Waals surface area contributed by atoms with Gasteiger partial charge in [0, 0.05) is 30.1 Å². The third kappa shape index (κ3) is 5.23. The summed E-state index contributed by atoms with van der Waals surface area (Å²) < 4.78 is 0. The van der Waals surface area contributed by atoms with Crippen molar-refractivity contribution in [3.05, 3.63) is 42.1 Å². The zero-order valence-corrected chi connectivity index (χ0v) is 14.2. The van der Waals surface area contributed by atoms with E-state index >= 15 is 0 Å². The molecule has 0 aromatic heterocycles. The van der Waals surface area contributed by atoms with E-state index in [9.17, 15) is 0 Å². The summed E-state index contributed by atoms with van der Waals surface area (Å²) in [6.07, 6.45) is 17.6. The van der Waals surface area contributed by atoms with Crippen molar-refractivity contribution < 1.29 is 0 Å². The molecule has 0 atom stereocenters. The molecule has 1 aromatic carbocycles. The first-order valence-electron chi connectivity index (χ1n) is 9.46. The average Bonchev–Trinajstić information content (AvgIpc) is 2.64. The molecule has 2 nitrogen and oxygen atoms in total. The van der Waals surface area contributed by atoms with E-state index < -0.39 is 0 Å². The largest absolute Gasteiger partial charge is 0.388 e. The molecule has 0 bridgehead atoms. The van der Waals surface area contributed by atoms with Crippen LogP contribution in [-0.2, 0) is 0 Å². The Morgan fingerprint density at radius 3 is 2.22 bits per heavy atom. The number of allylic oxidation sites excluding steroid dienone is 1. The lowest BCUT2D eigenvalue weighted by molar-refractivity contribution is 0.405. The van der Waals surface area contributed by atoms with Gasteiger partial charge in [-0.05, 0) is 31.2 Å². The Kier molecular flexibility index (Phi) is 6.31. The molecule has 2 saturated carbocycles. The molecule has 2 aliphatic carbocycles. The first-order valence-corrected chi connectivity index (χ1v) is 9.46. The molecule has 1 aromatic rings. The minimum Gasteiger partial charge on any atom is -0.388 e. The van der Waals surface area contributed by atoms with Crippen LogP contribution in [0.3, 0.4) is 0 Å². The first kappa shape index (κ1) is 16.3. The van der Waals surface area contributed by atoms with E-state index in [1.807, 2.05) is 0 Å². The number of aliphatic imine (C=N–C) groups is 1. The third-order valence-corrected chi connectivity index (χ3v) is 5.19. The summed E-state index contributed by atoms with van der Waals surface area (Å²) in [5, 5.41) is 3.65. The molecule has 2 aliphatic rings. The molecule has 2 heteroatoms. The number of rotatable bonds is 5. The molecule has 0 heterocycles. The van der Waals surface area contributed by atoms with Gasteiger partial charge in [0.25, 0.3) is 0 Å². The molecular formula is C21H30N2. The normalized spacial score (nSPS) is 21.7. The highest BCUT2D eigenvalue weighted by Gasteiger charge is 2.13. The van der Waals surface area contributed by atoms with Gasteiger partial charge in [0.2, 0.25) is 0 Å². The van der Waals surface area contributed by atoms with Gasteiger partial charge in [-0.3, -0.25) is 4.99 Å². The second kappa shape index (κ2) is 8.90. The molecule has 0 spiro atoms. The molecule has 3 rings (SSSR count). The summed E-state index contributed by atoms with van der Waals surface area (Å²) in [7, 11) is 0. The van der Waals surface area contributed by atoms with Crippen LogP contribution in [-0.4, -0.2) is 18.3 Å². The minimum atomic E-state index is 0.533. The Morgan fingerprint density at radius 2 is 1.52 bits per heavy atom. The quantitative estimate of drug-likeness (QED) is 0.728. The van der Waals surface area contributed by atoms with E-state index in [0.717, 1.165) is 0 Å². The van der Waals surface area contributed by atoms with Gasteiger partial charge in [-0.15, -0.1) is 0 Å². The van der Waals surface area contributed by atoms with Crippen molar-refractivity contribution in [2.45, 2.75) is 76.3 Å². The number of nitrogens with zero attached hydrogens (tertiary/aromatic N) is 1. The summed E-state index contributed by atoms with van der Waals surface area (Å²) in [4.78, 5) is 4.89. The van der Waals surface area contributed by atoms with Gasteiger partial charge in [0.1, 0.15) is 0 Å². The standard InChI is InChI=1S/C21H30N2/c1-4-10-18(11-5-1)19(16-22-20-12-6-2-7-13-20)17-23-21-14-8-3-9-15-21/h1,4-5,10-11,16-17,20-22H,2-3,6-9,12-15H2/b19-16+,23-17?. The van der Waals surface area contributed by atoms with Crippen LogP contribution < -0.4 is 5.32 Å². The van der Waals surface area contributed by atoms with Crippen molar-refractivity contribution in [2.75, 3.05) is 0 Å². The van der Waals surface area contributed by atoms with Crippen molar-refractivity contribution in [1.82, 2.24) is 5.32 Å². The molecule has 0 aliphatic heterocycles. The number of hydrogen-bond donors (Lipinski definition) is 1. The molecule has 0 saturated heterocycles. The topological polar surface area (TPSA) is 24.4 Å². The molecular weight excluding hydrogens is 280 g/mol.